The van der Waals surface area contributed by atoms with E-state index in [2.05, 4.69) is 53.2 Å². The second-order valence-electron chi connectivity index (χ2n) is 6.18. The molecule has 24 heavy (non-hydrogen) atoms. The minimum absolute atomic E-state index is 0.533. The average molecular weight is 335 g/mol. The summed E-state index contributed by atoms with van der Waals surface area (Å²) >= 11 is 0. The molecule has 1 heterocycles. The molecule has 0 atom stereocenters. The van der Waals surface area contributed by atoms with Crippen molar-refractivity contribution in [3.63, 3.8) is 0 Å². The van der Waals surface area contributed by atoms with Gasteiger partial charge in [-0.05, 0) is 40.7 Å². The number of ether oxygens (including phenoxy) is 1. The summed E-state index contributed by atoms with van der Waals surface area (Å²) in [6, 6.07) is 4.99. The van der Waals surface area contributed by atoms with Crippen LogP contribution in [0.25, 0.3) is 0 Å². The Labute approximate surface area is 146 Å². The van der Waals surface area contributed by atoms with Gasteiger partial charge in [-0.1, -0.05) is 6.07 Å². The Kier molecular flexibility index (Phi) is 9.15. The molecule has 6 heteroatoms. The van der Waals surface area contributed by atoms with E-state index in [0.717, 1.165) is 24.6 Å². The largest absolute Gasteiger partial charge is 0.478 e. The highest BCUT2D eigenvalue weighted by molar-refractivity contribution is 5.79. The van der Waals surface area contributed by atoms with Crippen molar-refractivity contribution < 1.29 is 4.74 Å². The van der Waals surface area contributed by atoms with Crippen LogP contribution in [-0.2, 0) is 6.54 Å². The van der Waals surface area contributed by atoms with E-state index in [9.17, 15) is 0 Å². The van der Waals surface area contributed by atoms with Gasteiger partial charge in [-0.3, -0.25) is 9.89 Å². The van der Waals surface area contributed by atoms with Gasteiger partial charge in [0.05, 0.1) is 6.61 Å². The van der Waals surface area contributed by atoms with E-state index < -0.39 is 0 Å². The number of rotatable bonds is 9. The molecular formula is C18H33N5O. The normalized spacial score (nSPS) is 12.1. The Morgan fingerprint density at radius 1 is 1.25 bits per heavy atom. The third kappa shape index (κ3) is 6.74. The minimum atomic E-state index is 0.533. The molecule has 0 aliphatic rings. The Balaban J connectivity index is 2.49. The highest BCUT2D eigenvalue weighted by Gasteiger charge is 2.12. The lowest BCUT2D eigenvalue weighted by Gasteiger charge is -2.30. The molecule has 0 spiro atoms. The Hall–Kier alpha value is -1.82. The molecule has 0 amide bonds. The monoisotopic (exact) mass is 335 g/mol. The lowest BCUT2D eigenvalue weighted by molar-refractivity contribution is 0.178. The molecule has 0 aromatic carbocycles. The number of aliphatic imine (C=N–C) groups is 1. The molecule has 0 bridgehead atoms. The smallest absolute Gasteiger partial charge is 0.218 e. The van der Waals surface area contributed by atoms with E-state index >= 15 is 0 Å². The predicted octanol–water partition coefficient (Wildman–Crippen LogP) is 2.26. The predicted molar refractivity (Wildman–Crippen MR) is 101 cm³/mol. The molecule has 136 valence electrons. The first-order valence-corrected chi connectivity index (χ1v) is 8.76. The molecule has 0 unspecified atom stereocenters. The molecule has 2 N–H and O–H groups in total. The highest BCUT2D eigenvalue weighted by Crippen LogP contribution is 2.13. The van der Waals surface area contributed by atoms with Crippen molar-refractivity contribution in [2.24, 2.45) is 4.99 Å². The number of nitrogens with zero attached hydrogens (tertiary/aromatic N) is 3. The van der Waals surface area contributed by atoms with Crippen molar-refractivity contribution in [3.05, 3.63) is 23.9 Å². The molecule has 0 saturated carbocycles. The van der Waals surface area contributed by atoms with E-state index in [1.807, 2.05) is 19.1 Å². The molecule has 0 radical (unpaired) electrons. The fourth-order valence-corrected chi connectivity index (χ4v) is 2.64. The maximum atomic E-state index is 5.55. The highest BCUT2D eigenvalue weighted by atomic mass is 16.5. The fourth-order valence-electron chi connectivity index (χ4n) is 2.64. The summed E-state index contributed by atoms with van der Waals surface area (Å²) in [6.07, 6.45) is 1.74. The van der Waals surface area contributed by atoms with E-state index in [4.69, 9.17) is 4.74 Å². The first-order chi connectivity index (χ1) is 11.5. The number of nitrogens with one attached hydrogen (secondary N) is 2. The number of hydrogen-bond donors (Lipinski definition) is 2. The van der Waals surface area contributed by atoms with Gasteiger partial charge in [-0.25, -0.2) is 4.98 Å². The van der Waals surface area contributed by atoms with Crippen molar-refractivity contribution >= 4 is 5.96 Å². The zero-order chi connectivity index (χ0) is 17.9. The second-order valence-corrected chi connectivity index (χ2v) is 6.18. The molecule has 6 nitrogen and oxygen atoms in total. The van der Waals surface area contributed by atoms with E-state index in [1.165, 1.54) is 0 Å². The lowest BCUT2D eigenvalue weighted by Crippen LogP contribution is -2.45. The first kappa shape index (κ1) is 20.2. The van der Waals surface area contributed by atoms with Crippen molar-refractivity contribution in [2.45, 2.75) is 53.2 Å². The summed E-state index contributed by atoms with van der Waals surface area (Å²) in [5.74, 6) is 1.46. The van der Waals surface area contributed by atoms with Crippen LogP contribution in [0.5, 0.6) is 5.88 Å². The summed E-state index contributed by atoms with van der Waals surface area (Å²) in [5, 5.41) is 6.68. The van der Waals surface area contributed by atoms with Crippen molar-refractivity contribution in [1.29, 1.82) is 0 Å². The first-order valence-electron chi connectivity index (χ1n) is 8.76. The van der Waals surface area contributed by atoms with Gasteiger partial charge in [0.15, 0.2) is 5.96 Å². The van der Waals surface area contributed by atoms with Crippen LogP contribution in [0.1, 0.15) is 40.2 Å². The van der Waals surface area contributed by atoms with Gasteiger partial charge in [0.2, 0.25) is 5.88 Å². The summed E-state index contributed by atoms with van der Waals surface area (Å²) in [4.78, 5) is 11.0. The Bertz CT molecular complexity index is 494. The van der Waals surface area contributed by atoms with Gasteiger partial charge < -0.3 is 15.4 Å². The van der Waals surface area contributed by atoms with Crippen LogP contribution >= 0.6 is 0 Å². The molecule has 1 aromatic heterocycles. The van der Waals surface area contributed by atoms with Crippen LogP contribution in [0.3, 0.4) is 0 Å². The Morgan fingerprint density at radius 2 is 1.96 bits per heavy atom. The lowest BCUT2D eigenvalue weighted by atomic mass is 10.2. The number of aromatic nitrogens is 1. The molecule has 0 saturated heterocycles. The third-order valence-electron chi connectivity index (χ3n) is 3.79. The summed E-state index contributed by atoms with van der Waals surface area (Å²) in [6.45, 7) is 13.9. The number of pyridine rings is 1. The fraction of sp³-hybridized carbons (Fsp3) is 0.667. The summed E-state index contributed by atoms with van der Waals surface area (Å²) < 4.78 is 5.55. The van der Waals surface area contributed by atoms with Gasteiger partial charge >= 0.3 is 0 Å². The standard InChI is InChI=1S/C18H33N5O/c1-7-24-17-16(9-8-10-20-17)13-22-18(19-6)21-11-12-23(14(2)3)15(4)5/h8-10,14-15H,7,11-13H2,1-6H3,(H2,19,21,22). The minimum Gasteiger partial charge on any atom is -0.478 e. The topological polar surface area (TPSA) is 61.8 Å². The van der Waals surface area contributed by atoms with Crippen LogP contribution < -0.4 is 15.4 Å². The number of guanidine groups is 1. The summed E-state index contributed by atoms with van der Waals surface area (Å²) in [5.41, 5.74) is 1.02. The van der Waals surface area contributed by atoms with Crippen LogP contribution in [0.4, 0.5) is 0 Å². The van der Waals surface area contributed by atoms with E-state index in [-0.39, 0.29) is 0 Å². The van der Waals surface area contributed by atoms with E-state index in [0.29, 0.717) is 31.1 Å². The SMILES string of the molecule is CCOc1ncccc1CNC(=NC)NCCN(C(C)C)C(C)C. The van der Waals surface area contributed by atoms with E-state index in [1.54, 1.807) is 13.2 Å². The van der Waals surface area contributed by atoms with Crippen LogP contribution in [0, 0.1) is 0 Å². The number of hydrogen-bond acceptors (Lipinski definition) is 4. The van der Waals surface area contributed by atoms with Crippen LogP contribution in [0.2, 0.25) is 0 Å². The Morgan fingerprint density at radius 3 is 2.54 bits per heavy atom. The van der Waals surface area contributed by atoms with Crippen LogP contribution in [0.15, 0.2) is 23.3 Å². The zero-order valence-electron chi connectivity index (χ0n) is 16.0. The second kappa shape index (κ2) is 10.9. The molecule has 1 aromatic rings. The average Bonchev–Trinajstić information content (AvgIpc) is 2.55. The van der Waals surface area contributed by atoms with Crippen molar-refractivity contribution in [1.82, 2.24) is 20.5 Å². The third-order valence-corrected chi connectivity index (χ3v) is 3.79. The molecule has 0 aliphatic carbocycles. The van der Waals surface area contributed by atoms with Gasteiger partial charge in [0, 0.05) is 50.5 Å². The van der Waals surface area contributed by atoms with Gasteiger partial charge in [-0.2, -0.15) is 0 Å². The quantitative estimate of drug-likeness (QED) is 0.535. The molecule has 1 rings (SSSR count). The zero-order valence-corrected chi connectivity index (χ0v) is 16.0. The van der Waals surface area contributed by atoms with Crippen molar-refractivity contribution in [3.8, 4) is 5.88 Å². The molecule has 0 fully saturated rings. The van der Waals surface area contributed by atoms with Gasteiger partial charge in [0.1, 0.15) is 0 Å². The molecule has 0 aliphatic heterocycles. The maximum absolute atomic E-state index is 5.55. The molecular weight excluding hydrogens is 302 g/mol. The van der Waals surface area contributed by atoms with Gasteiger partial charge in [-0.15, -0.1) is 0 Å². The maximum Gasteiger partial charge on any atom is 0.218 e. The van der Waals surface area contributed by atoms with Crippen LogP contribution in [-0.4, -0.2) is 54.7 Å². The summed E-state index contributed by atoms with van der Waals surface area (Å²) in [7, 11) is 1.78. The van der Waals surface area contributed by atoms with Gasteiger partial charge in [0.25, 0.3) is 0 Å². The van der Waals surface area contributed by atoms with Crippen molar-refractivity contribution in [2.75, 3.05) is 26.7 Å².